The fraction of sp³-hybridized carbons (Fsp3) is 0.846. The molecule has 0 aliphatic carbocycles. The van der Waals surface area contributed by atoms with Crippen LogP contribution in [0.1, 0.15) is 20.8 Å². The lowest BCUT2D eigenvalue weighted by atomic mass is 10.1. The molecule has 1 aliphatic rings. The Morgan fingerprint density at radius 1 is 1.25 bits per heavy atom. The molecule has 7 heteroatoms. The number of nitrogens with one attached hydrogen (secondary N) is 1. The summed E-state index contributed by atoms with van der Waals surface area (Å²) < 4.78 is 5.01. The molecule has 1 saturated heterocycles. The lowest BCUT2D eigenvalue weighted by Gasteiger charge is -2.34. The third-order valence-corrected chi connectivity index (χ3v) is 2.98. The van der Waals surface area contributed by atoms with Gasteiger partial charge in [0, 0.05) is 31.7 Å². The average Bonchev–Trinajstić information content (AvgIpc) is 2.34. The van der Waals surface area contributed by atoms with Crippen LogP contribution in [0.15, 0.2) is 0 Å². The minimum Gasteiger partial charge on any atom is -0.434 e. The summed E-state index contributed by atoms with van der Waals surface area (Å²) in [6.07, 6.45) is -1.83. The molecule has 1 heterocycles. The minimum absolute atomic E-state index is 0.343. The van der Waals surface area contributed by atoms with E-state index in [1.807, 2.05) is 27.8 Å². The highest BCUT2D eigenvalue weighted by Gasteiger charge is 2.29. The van der Waals surface area contributed by atoms with E-state index < -0.39 is 24.3 Å². The number of alkyl carbamates (subject to hydrolysis) is 1. The van der Waals surface area contributed by atoms with Crippen molar-refractivity contribution in [3.8, 4) is 0 Å². The van der Waals surface area contributed by atoms with Crippen molar-refractivity contribution in [3.05, 3.63) is 0 Å². The Labute approximate surface area is 119 Å². The highest BCUT2D eigenvalue weighted by Crippen LogP contribution is 2.06. The molecule has 1 rings (SSSR count). The van der Waals surface area contributed by atoms with Gasteiger partial charge in [0.1, 0.15) is 0 Å². The quantitative estimate of drug-likeness (QED) is 0.741. The molecule has 7 nitrogen and oxygen atoms in total. The van der Waals surface area contributed by atoms with Crippen LogP contribution in [0.2, 0.25) is 0 Å². The molecule has 20 heavy (non-hydrogen) atoms. The number of hydrogen-bond acceptors (Lipinski definition) is 5. The molecule has 1 aliphatic heterocycles. The fourth-order valence-electron chi connectivity index (χ4n) is 1.86. The van der Waals surface area contributed by atoms with Crippen LogP contribution in [0.4, 0.5) is 4.79 Å². The van der Waals surface area contributed by atoms with Crippen LogP contribution in [-0.4, -0.2) is 78.4 Å². The van der Waals surface area contributed by atoms with Gasteiger partial charge in [-0.25, -0.2) is 4.79 Å². The van der Waals surface area contributed by atoms with Gasteiger partial charge in [0.15, 0.2) is 0 Å². The lowest BCUT2D eigenvalue weighted by Crippen LogP contribution is -2.53. The van der Waals surface area contributed by atoms with E-state index >= 15 is 0 Å². The molecule has 0 radical (unpaired) electrons. The summed E-state index contributed by atoms with van der Waals surface area (Å²) in [6.45, 7) is 7.63. The summed E-state index contributed by atoms with van der Waals surface area (Å²) >= 11 is 0. The summed E-state index contributed by atoms with van der Waals surface area (Å²) in [6, 6.07) is 0. The summed E-state index contributed by atoms with van der Waals surface area (Å²) in [5.74, 6) is -0.343. The van der Waals surface area contributed by atoms with Crippen LogP contribution in [0, 0.1) is 0 Å². The van der Waals surface area contributed by atoms with Crippen LogP contribution < -0.4 is 5.32 Å². The van der Waals surface area contributed by atoms with Gasteiger partial charge in [0.2, 0.25) is 6.10 Å². The fourth-order valence-corrected chi connectivity index (χ4v) is 1.86. The van der Waals surface area contributed by atoms with Crippen molar-refractivity contribution in [2.75, 3.05) is 39.8 Å². The zero-order chi connectivity index (χ0) is 15.3. The molecular formula is C13H25N3O4. The van der Waals surface area contributed by atoms with E-state index in [9.17, 15) is 14.7 Å². The summed E-state index contributed by atoms with van der Waals surface area (Å²) in [4.78, 5) is 27.6. The van der Waals surface area contributed by atoms with Crippen molar-refractivity contribution in [3.63, 3.8) is 0 Å². The van der Waals surface area contributed by atoms with Gasteiger partial charge < -0.3 is 25.0 Å². The predicted molar refractivity (Wildman–Crippen MR) is 74.3 cm³/mol. The van der Waals surface area contributed by atoms with Crippen molar-refractivity contribution >= 4 is 12.0 Å². The first-order valence-corrected chi connectivity index (χ1v) is 6.80. The van der Waals surface area contributed by atoms with Gasteiger partial charge in [0.25, 0.3) is 5.91 Å². The summed E-state index contributed by atoms with van der Waals surface area (Å²) in [7, 11) is 1.98. The van der Waals surface area contributed by atoms with Crippen molar-refractivity contribution in [1.29, 1.82) is 0 Å². The number of carbonyl (C=O) groups is 2. The number of ether oxygens (including phenoxy) is 1. The molecule has 2 N–H and O–H groups in total. The zero-order valence-electron chi connectivity index (χ0n) is 12.7. The van der Waals surface area contributed by atoms with Gasteiger partial charge in [-0.2, -0.15) is 0 Å². The first-order chi connectivity index (χ1) is 9.23. The number of rotatable bonds is 3. The van der Waals surface area contributed by atoms with E-state index in [-0.39, 0.29) is 5.91 Å². The number of likely N-dealkylation sites (N-methyl/N-ethyl adjacent to an activating group) is 1. The maximum absolute atomic E-state index is 12.2. The van der Waals surface area contributed by atoms with E-state index in [0.29, 0.717) is 13.1 Å². The molecule has 0 aromatic rings. The Kier molecular flexibility index (Phi) is 5.76. The molecule has 2 amide bonds. The Bertz CT molecular complexity index is 346. The van der Waals surface area contributed by atoms with Crippen molar-refractivity contribution in [1.82, 2.24) is 15.1 Å². The maximum atomic E-state index is 12.2. The van der Waals surface area contributed by atoms with E-state index in [1.165, 1.54) is 0 Å². The first-order valence-electron chi connectivity index (χ1n) is 6.80. The minimum atomic E-state index is -1.14. The van der Waals surface area contributed by atoms with Crippen LogP contribution in [-0.2, 0) is 9.53 Å². The number of piperazine rings is 1. The van der Waals surface area contributed by atoms with Gasteiger partial charge in [-0.1, -0.05) is 0 Å². The van der Waals surface area contributed by atoms with E-state index in [2.05, 4.69) is 10.2 Å². The molecule has 0 bridgehead atoms. The number of carbonyl (C=O) groups excluding carboxylic acids is 2. The van der Waals surface area contributed by atoms with Gasteiger partial charge in [0.05, 0.1) is 6.61 Å². The molecule has 1 atom stereocenters. The second-order valence-corrected chi connectivity index (χ2v) is 6.08. The van der Waals surface area contributed by atoms with Crippen LogP contribution in [0.3, 0.4) is 0 Å². The Balaban J connectivity index is 2.53. The Morgan fingerprint density at radius 2 is 1.80 bits per heavy atom. The van der Waals surface area contributed by atoms with Gasteiger partial charge in [-0.3, -0.25) is 4.79 Å². The second kappa shape index (κ2) is 6.90. The average molecular weight is 287 g/mol. The molecule has 0 saturated carbocycles. The number of hydrogen-bond donors (Lipinski definition) is 2. The van der Waals surface area contributed by atoms with Crippen LogP contribution in [0.5, 0.6) is 0 Å². The standard InChI is InChI=1S/C13H25N3O4/c1-13(2,3)14-12(19)20-10(9-17)11(18)16-7-5-15(4)6-8-16/h10,17H,5-9H2,1-4H3,(H,14,19)/t10-/m1/s1. The molecular weight excluding hydrogens is 262 g/mol. The second-order valence-electron chi connectivity index (χ2n) is 6.08. The largest absolute Gasteiger partial charge is 0.434 e. The predicted octanol–water partition coefficient (Wildman–Crippen LogP) is -0.354. The van der Waals surface area contributed by atoms with Crippen LogP contribution in [0.25, 0.3) is 0 Å². The van der Waals surface area contributed by atoms with Crippen LogP contribution >= 0.6 is 0 Å². The Morgan fingerprint density at radius 3 is 2.25 bits per heavy atom. The highest BCUT2D eigenvalue weighted by atomic mass is 16.6. The number of amides is 2. The molecule has 0 spiro atoms. The first kappa shape index (κ1) is 16.7. The molecule has 0 aromatic carbocycles. The number of aliphatic hydroxyl groups excluding tert-OH is 1. The topological polar surface area (TPSA) is 82.1 Å². The Hall–Kier alpha value is -1.34. The van der Waals surface area contributed by atoms with E-state index in [0.717, 1.165) is 13.1 Å². The van der Waals surface area contributed by atoms with Crippen molar-refractivity contribution in [2.45, 2.75) is 32.4 Å². The van der Waals surface area contributed by atoms with Gasteiger partial charge in [-0.05, 0) is 27.8 Å². The monoisotopic (exact) mass is 287 g/mol. The normalized spacial score (nSPS) is 18.6. The molecule has 0 unspecified atom stereocenters. The van der Waals surface area contributed by atoms with Crippen molar-refractivity contribution in [2.24, 2.45) is 0 Å². The molecule has 1 fully saturated rings. The van der Waals surface area contributed by atoms with E-state index in [4.69, 9.17) is 4.74 Å². The number of aliphatic hydroxyl groups is 1. The number of nitrogens with zero attached hydrogens (tertiary/aromatic N) is 2. The molecule has 116 valence electrons. The van der Waals surface area contributed by atoms with Gasteiger partial charge in [-0.15, -0.1) is 0 Å². The highest BCUT2D eigenvalue weighted by molar-refractivity contribution is 5.83. The summed E-state index contributed by atoms with van der Waals surface area (Å²) in [5, 5.41) is 11.9. The smallest absolute Gasteiger partial charge is 0.408 e. The van der Waals surface area contributed by atoms with Crippen molar-refractivity contribution < 1.29 is 19.4 Å². The third-order valence-electron chi connectivity index (χ3n) is 2.98. The third kappa shape index (κ3) is 5.34. The zero-order valence-corrected chi connectivity index (χ0v) is 12.7. The van der Waals surface area contributed by atoms with Gasteiger partial charge >= 0.3 is 6.09 Å². The SMILES string of the molecule is CN1CCN(C(=O)[C@@H](CO)OC(=O)NC(C)(C)C)CC1. The molecule has 0 aromatic heterocycles. The summed E-state index contributed by atoms with van der Waals surface area (Å²) in [5.41, 5.74) is -0.450. The lowest BCUT2D eigenvalue weighted by molar-refractivity contribution is -0.144. The maximum Gasteiger partial charge on any atom is 0.408 e. The van der Waals surface area contributed by atoms with E-state index in [1.54, 1.807) is 4.90 Å².